The van der Waals surface area contributed by atoms with Crippen molar-refractivity contribution in [3.05, 3.63) is 59.4 Å². The Balaban J connectivity index is 2.05. The van der Waals surface area contributed by atoms with Gasteiger partial charge in [0.2, 0.25) is 15.9 Å². The van der Waals surface area contributed by atoms with E-state index >= 15 is 0 Å². The average Bonchev–Trinajstić information content (AvgIpc) is 2.55. The van der Waals surface area contributed by atoms with Crippen molar-refractivity contribution in [1.29, 1.82) is 0 Å². The summed E-state index contributed by atoms with van der Waals surface area (Å²) < 4.78 is 25.3. The van der Waals surface area contributed by atoms with Crippen LogP contribution in [0.25, 0.3) is 0 Å². The highest BCUT2D eigenvalue weighted by Crippen LogP contribution is 2.18. The Labute approximate surface area is 155 Å². The monoisotopic (exact) mass is 375 g/mol. The predicted octanol–water partition coefficient (Wildman–Crippen LogP) is 2.21. The molecule has 0 fully saturated rings. The molecule has 0 bridgehead atoms. The molecule has 140 valence electrons. The van der Waals surface area contributed by atoms with Crippen molar-refractivity contribution in [3.8, 4) is 0 Å². The second-order valence-electron chi connectivity index (χ2n) is 6.54. The molecule has 1 N–H and O–H groups in total. The van der Waals surface area contributed by atoms with Crippen LogP contribution in [-0.2, 0) is 21.2 Å². The fraction of sp³-hybridized carbons (Fsp3) is 0.368. The lowest BCUT2D eigenvalue weighted by atomic mass is 10.1. The highest BCUT2D eigenvalue weighted by Gasteiger charge is 2.21. The van der Waals surface area contributed by atoms with Crippen molar-refractivity contribution in [3.63, 3.8) is 0 Å². The topological polar surface area (TPSA) is 79.4 Å². The molecular weight excluding hydrogens is 350 g/mol. The van der Waals surface area contributed by atoms with E-state index in [1.807, 2.05) is 45.0 Å². The van der Waals surface area contributed by atoms with E-state index in [-0.39, 0.29) is 18.5 Å². The molecule has 0 spiro atoms. The maximum absolute atomic E-state index is 12.4. The highest BCUT2D eigenvalue weighted by atomic mass is 32.2. The van der Waals surface area contributed by atoms with Gasteiger partial charge in [-0.05, 0) is 44.5 Å². The lowest BCUT2D eigenvalue weighted by molar-refractivity contribution is -0.120. The zero-order valence-electron chi connectivity index (χ0n) is 15.6. The average molecular weight is 375 g/mol. The molecule has 1 amide bonds. The van der Waals surface area contributed by atoms with Crippen molar-refractivity contribution in [1.82, 2.24) is 10.3 Å². The largest absolute Gasteiger partial charge is 0.352 e. The van der Waals surface area contributed by atoms with Crippen LogP contribution in [0.4, 0.5) is 5.69 Å². The molecule has 1 aromatic heterocycles. The third kappa shape index (κ3) is 5.56. The number of benzene rings is 1. The number of carbonyl (C=O) groups excluding carboxylic acids is 1. The van der Waals surface area contributed by atoms with Gasteiger partial charge >= 0.3 is 0 Å². The number of nitrogens with zero attached hydrogens (tertiary/aromatic N) is 2. The minimum Gasteiger partial charge on any atom is -0.352 e. The van der Waals surface area contributed by atoms with Crippen molar-refractivity contribution >= 4 is 21.6 Å². The highest BCUT2D eigenvalue weighted by molar-refractivity contribution is 7.92. The molecule has 6 nitrogen and oxygen atoms in total. The lowest BCUT2D eigenvalue weighted by Gasteiger charge is -2.23. The Morgan fingerprint density at radius 3 is 2.42 bits per heavy atom. The summed E-state index contributed by atoms with van der Waals surface area (Å²) in [5.74, 6) is -0.350. The van der Waals surface area contributed by atoms with E-state index < -0.39 is 10.0 Å². The first kappa shape index (κ1) is 19.9. The molecule has 0 aliphatic carbocycles. The molecule has 1 heterocycles. The fourth-order valence-electron chi connectivity index (χ4n) is 2.64. The Morgan fingerprint density at radius 2 is 1.85 bits per heavy atom. The standard InChI is InChI=1S/C19H25N3O3S/c1-14-7-9-17(10-8-14)22(26(4,24)25)13-19(23)21-16(3)12-18-15(2)6-5-11-20-18/h5-11,16H,12-13H2,1-4H3,(H,21,23). The Kier molecular flexibility index (Phi) is 6.37. The summed E-state index contributed by atoms with van der Waals surface area (Å²) in [7, 11) is -3.57. The number of hydrogen-bond acceptors (Lipinski definition) is 4. The number of carbonyl (C=O) groups is 1. The number of amides is 1. The van der Waals surface area contributed by atoms with E-state index in [9.17, 15) is 13.2 Å². The maximum Gasteiger partial charge on any atom is 0.240 e. The molecule has 1 atom stereocenters. The first-order chi connectivity index (χ1) is 12.2. The number of anilines is 1. The third-order valence-electron chi connectivity index (χ3n) is 4.03. The third-order valence-corrected chi connectivity index (χ3v) is 5.17. The number of aryl methyl sites for hydroxylation is 2. The van der Waals surface area contributed by atoms with Crippen LogP contribution in [-0.4, -0.2) is 38.2 Å². The maximum atomic E-state index is 12.4. The number of sulfonamides is 1. The van der Waals surface area contributed by atoms with Crippen LogP contribution < -0.4 is 9.62 Å². The fourth-order valence-corrected chi connectivity index (χ4v) is 3.49. The second kappa shape index (κ2) is 8.31. The van der Waals surface area contributed by atoms with Gasteiger partial charge in [0.25, 0.3) is 0 Å². The van der Waals surface area contributed by atoms with E-state index in [0.717, 1.165) is 27.4 Å². The van der Waals surface area contributed by atoms with E-state index in [4.69, 9.17) is 0 Å². The molecular formula is C19H25N3O3S. The van der Waals surface area contributed by atoms with Gasteiger partial charge in [-0.2, -0.15) is 0 Å². The van der Waals surface area contributed by atoms with Gasteiger partial charge in [-0.25, -0.2) is 8.42 Å². The first-order valence-electron chi connectivity index (χ1n) is 8.41. The zero-order valence-corrected chi connectivity index (χ0v) is 16.4. The predicted molar refractivity (Wildman–Crippen MR) is 104 cm³/mol. The van der Waals surface area contributed by atoms with Crippen LogP contribution in [0.3, 0.4) is 0 Å². The zero-order chi connectivity index (χ0) is 19.3. The van der Waals surface area contributed by atoms with Gasteiger partial charge in [-0.15, -0.1) is 0 Å². The molecule has 1 aromatic carbocycles. The summed E-state index contributed by atoms with van der Waals surface area (Å²) in [5.41, 5.74) is 3.47. The molecule has 0 aliphatic heterocycles. The van der Waals surface area contributed by atoms with E-state index in [1.54, 1.807) is 18.3 Å². The molecule has 26 heavy (non-hydrogen) atoms. The van der Waals surface area contributed by atoms with Crippen LogP contribution in [0, 0.1) is 13.8 Å². The number of aromatic nitrogens is 1. The Bertz CT molecular complexity index is 864. The Hall–Kier alpha value is -2.41. The normalized spacial score (nSPS) is 12.5. The van der Waals surface area contributed by atoms with Gasteiger partial charge in [0.15, 0.2) is 0 Å². The minimum atomic E-state index is -3.57. The van der Waals surface area contributed by atoms with E-state index in [2.05, 4.69) is 10.3 Å². The van der Waals surface area contributed by atoms with Crippen LogP contribution in [0.15, 0.2) is 42.6 Å². The SMILES string of the molecule is Cc1ccc(N(CC(=O)NC(C)Cc2ncccc2C)S(C)(=O)=O)cc1. The summed E-state index contributed by atoms with van der Waals surface area (Å²) in [6.07, 6.45) is 3.41. The number of nitrogens with one attached hydrogen (secondary N) is 1. The number of hydrogen-bond donors (Lipinski definition) is 1. The van der Waals surface area contributed by atoms with Crippen molar-refractivity contribution in [2.75, 3.05) is 17.1 Å². The minimum absolute atomic E-state index is 0.157. The van der Waals surface area contributed by atoms with Gasteiger partial charge in [0.1, 0.15) is 6.54 Å². The van der Waals surface area contributed by atoms with Crippen molar-refractivity contribution in [2.24, 2.45) is 0 Å². The molecule has 2 rings (SSSR count). The van der Waals surface area contributed by atoms with Gasteiger partial charge in [-0.1, -0.05) is 23.8 Å². The van der Waals surface area contributed by atoms with Gasteiger partial charge < -0.3 is 5.32 Å². The molecule has 2 aromatic rings. The molecule has 0 aliphatic rings. The van der Waals surface area contributed by atoms with Gasteiger partial charge in [0.05, 0.1) is 11.9 Å². The molecule has 1 unspecified atom stereocenters. The summed E-state index contributed by atoms with van der Waals surface area (Å²) >= 11 is 0. The van der Waals surface area contributed by atoms with Crippen LogP contribution in [0.2, 0.25) is 0 Å². The molecule has 7 heteroatoms. The van der Waals surface area contributed by atoms with E-state index in [0.29, 0.717) is 12.1 Å². The number of pyridine rings is 1. The molecule has 0 radical (unpaired) electrons. The van der Waals surface area contributed by atoms with Crippen LogP contribution in [0.5, 0.6) is 0 Å². The Morgan fingerprint density at radius 1 is 1.19 bits per heavy atom. The summed E-state index contributed by atoms with van der Waals surface area (Å²) in [6, 6.07) is 10.7. The second-order valence-corrected chi connectivity index (χ2v) is 8.45. The summed E-state index contributed by atoms with van der Waals surface area (Å²) in [5, 5.41) is 2.85. The lowest BCUT2D eigenvalue weighted by Crippen LogP contribution is -2.44. The van der Waals surface area contributed by atoms with Crippen LogP contribution in [0.1, 0.15) is 23.7 Å². The quantitative estimate of drug-likeness (QED) is 0.805. The van der Waals surface area contributed by atoms with Crippen molar-refractivity contribution < 1.29 is 13.2 Å². The number of rotatable bonds is 7. The van der Waals surface area contributed by atoms with Crippen molar-refractivity contribution in [2.45, 2.75) is 33.2 Å². The smallest absolute Gasteiger partial charge is 0.240 e. The summed E-state index contributed by atoms with van der Waals surface area (Å²) in [4.78, 5) is 16.7. The van der Waals surface area contributed by atoms with Gasteiger partial charge in [-0.3, -0.25) is 14.1 Å². The summed E-state index contributed by atoms with van der Waals surface area (Å²) in [6.45, 7) is 5.51. The molecule has 0 saturated carbocycles. The molecule has 0 saturated heterocycles. The van der Waals surface area contributed by atoms with Gasteiger partial charge in [0, 0.05) is 24.4 Å². The van der Waals surface area contributed by atoms with E-state index in [1.165, 1.54) is 0 Å². The first-order valence-corrected chi connectivity index (χ1v) is 10.3. The van der Waals surface area contributed by atoms with Crippen LogP contribution >= 0.6 is 0 Å².